The highest BCUT2D eigenvalue weighted by molar-refractivity contribution is 6.62. The van der Waals surface area contributed by atoms with Gasteiger partial charge in [0.2, 0.25) is 5.79 Å². The largest absolute Gasteiger partial charge is 0.494 e. The van der Waals surface area contributed by atoms with E-state index in [1.54, 1.807) is 7.11 Å². The third-order valence-corrected chi connectivity index (χ3v) is 6.38. The van der Waals surface area contributed by atoms with Crippen LogP contribution in [0, 0.1) is 0 Å². The van der Waals surface area contributed by atoms with Crippen LogP contribution in [0.3, 0.4) is 0 Å². The standard InChI is InChI=1S/C23H27BO5/c1-7-27-23(26-6)19-12-15(14-25)8-10-17(19)18-11-9-16(13-20(18)23)24-28-21(2,3)22(4,5)29-24/h8-14H,7H2,1-6H3. The fourth-order valence-corrected chi connectivity index (χ4v) is 4.12. The van der Waals surface area contributed by atoms with Gasteiger partial charge >= 0.3 is 7.12 Å². The summed E-state index contributed by atoms with van der Waals surface area (Å²) < 4.78 is 24.6. The molecule has 0 N–H and O–H groups in total. The second-order valence-corrected chi connectivity index (χ2v) is 8.57. The molecule has 1 atom stereocenters. The second-order valence-electron chi connectivity index (χ2n) is 8.57. The van der Waals surface area contributed by atoms with E-state index in [0.717, 1.165) is 34.0 Å². The Hall–Kier alpha value is -1.99. The molecule has 0 saturated carbocycles. The van der Waals surface area contributed by atoms with E-state index in [2.05, 4.69) is 6.07 Å². The summed E-state index contributed by atoms with van der Waals surface area (Å²) in [6.45, 7) is 10.5. The number of hydrogen-bond acceptors (Lipinski definition) is 5. The lowest BCUT2D eigenvalue weighted by atomic mass is 9.77. The van der Waals surface area contributed by atoms with E-state index in [1.807, 2.05) is 65.0 Å². The lowest BCUT2D eigenvalue weighted by Crippen LogP contribution is -2.41. The monoisotopic (exact) mass is 394 g/mol. The minimum atomic E-state index is -1.07. The molecule has 0 aromatic heterocycles. The van der Waals surface area contributed by atoms with Crippen molar-refractivity contribution in [2.24, 2.45) is 0 Å². The van der Waals surface area contributed by atoms with Crippen molar-refractivity contribution in [1.82, 2.24) is 0 Å². The molecule has 1 heterocycles. The number of hydrogen-bond donors (Lipinski definition) is 0. The minimum Gasteiger partial charge on any atom is -0.399 e. The molecule has 2 aliphatic rings. The Morgan fingerprint density at radius 2 is 1.55 bits per heavy atom. The third kappa shape index (κ3) is 2.89. The molecule has 1 aliphatic heterocycles. The van der Waals surface area contributed by atoms with Gasteiger partial charge in [-0.2, -0.15) is 0 Å². The summed E-state index contributed by atoms with van der Waals surface area (Å²) in [5, 5.41) is 0. The molecule has 0 bridgehead atoms. The SMILES string of the molecule is CCOC1(OC)c2cc(C=O)ccc2-c2ccc(B3OC(C)(C)C(C)(C)O3)cc21. The van der Waals surface area contributed by atoms with E-state index in [9.17, 15) is 4.79 Å². The molecular weight excluding hydrogens is 367 g/mol. The first-order chi connectivity index (χ1) is 13.7. The van der Waals surface area contributed by atoms with E-state index in [-0.39, 0.29) is 0 Å². The minimum absolute atomic E-state index is 0.420. The van der Waals surface area contributed by atoms with E-state index >= 15 is 0 Å². The molecule has 29 heavy (non-hydrogen) atoms. The molecule has 1 fully saturated rings. The second kappa shape index (κ2) is 6.78. The molecule has 1 aliphatic carbocycles. The maximum Gasteiger partial charge on any atom is 0.494 e. The highest BCUT2D eigenvalue weighted by Crippen LogP contribution is 2.50. The van der Waals surface area contributed by atoms with Crippen LogP contribution in [0.2, 0.25) is 0 Å². The molecule has 6 heteroatoms. The first-order valence-electron chi connectivity index (χ1n) is 9.98. The molecule has 0 radical (unpaired) electrons. The van der Waals surface area contributed by atoms with Crippen molar-refractivity contribution in [3.8, 4) is 11.1 Å². The Morgan fingerprint density at radius 1 is 0.966 bits per heavy atom. The maximum atomic E-state index is 11.4. The number of benzene rings is 2. The van der Waals surface area contributed by atoms with Crippen LogP contribution in [0.4, 0.5) is 0 Å². The summed E-state index contributed by atoms with van der Waals surface area (Å²) in [4.78, 5) is 11.4. The van der Waals surface area contributed by atoms with Gasteiger partial charge in [-0.05, 0) is 57.3 Å². The third-order valence-electron chi connectivity index (χ3n) is 6.38. The summed E-state index contributed by atoms with van der Waals surface area (Å²) in [5.41, 5.74) is 4.41. The van der Waals surface area contributed by atoms with E-state index < -0.39 is 24.1 Å². The van der Waals surface area contributed by atoms with Crippen LogP contribution in [-0.2, 0) is 24.6 Å². The first kappa shape index (κ1) is 20.3. The Morgan fingerprint density at radius 3 is 2.10 bits per heavy atom. The molecule has 0 amide bonds. The fraction of sp³-hybridized carbons (Fsp3) is 0.435. The normalized spacial score (nSPS) is 23.7. The zero-order valence-corrected chi connectivity index (χ0v) is 17.9. The highest BCUT2D eigenvalue weighted by atomic mass is 16.7. The predicted molar refractivity (Wildman–Crippen MR) is 112 cm³/mol. The Labute approximate surface area is 172 Å². The lowest BCUT2D eigenvalue weighted by molar-refractivity contribution is -0.196. The summed E-state index contributed by atoms with van der Waals surface area (Å²) >= 11 is 0. The van der Waals surface area contributed by atoms with Crippen molar-refractivity contribution in [2.45, 2.75) is 51.6 Å². The van der Waals surface area contributed by atoms with Gasteiger partial charge in [0.1, 0.15) is 6.29 Å². The Balaban J connectivity index is 1.85. The summed E-state index contributed by atoms with van der Waals surface area (Å²) in [7, 11) is 1.15. The lowest BCUT2D eigenvalue weighted by Gasteiger charge is -2.32. The van der Waals surface area contributed by atoms with Gasteiger partial charge in [-0.3, -0.25) is 4.79 Å². The van der Waals surface area contributed by atoms with Crippen molar-refractivity contribution in [3.63, 3.8) is 0 Å². The van der Waals surface area contributed by atoms with Crippen LogP contribution in [0.5, 0.6) is 0 Å². The van der Waals surface area contributed by atoms with E-state index in [0.29, 0.717) is 12.2 Å². The number of methoxy groups -OCH3 is 1. The van der Waals surface area contributed by atoms with Crippen molar-refractivity contribution < 1.29 is 23.6 Å². The van der Waals surface area contributed by atoms with Gasteiger partial charge in [-0.1, -0.05) is 30.3 Å². The molecule has 1 unspecified atom stereocenters. The summed E-state index contributed by atoms with van der Waals surface area (Å²) in [5.74, 6) is -1.07. The molecule has 152 valence electrons. The van der Waals surface area contributed by atoms with Crippen molar-refractivity contribution >= 4 is 18.9 Å². The molecule has 1 saturated heterocycles. The predicted octanol–water partition coefficient (Wildman–Crippen LogP) is 3.66. The van der Waals surface area contributed by atoms with Gasteiger partial charge in [-0.25, -0.2) is 0 Å². The highest BCUT2D eigenvalue weighted by Gasteiger charge is 2.53. The van der Waals surface area contributed by atoms with E-state index in [1.165, 1.54) is 0 Å². The van der Waals surface area contributed by atoms with Gasteiger partial charge in [0, 0.05) is 30.4 Å². The van der Waals surface area contributed by atoms with Crippen LogP contribution in [-0.4, -0.2) is 38.3 Å². The molecule has 4 rings (SSSR count). The van der Waals surface area contributed by atoms with Crippen LogP contribution in [0.25, 0.3) is 11.1 Å². The first-order valence-corrected chi connectivity index (χ1v) is 9.98. The average Bonchev–Trinajstić information content (AvgIpc) is 3.09. The van der Waals surface area contributed by atoms with Gasteiger partial charge in [0.15, 0.2) is 0 Å². The summed E-state index contributed by atoms with van der Waals surface area (Å²) in [6, 6.07) is 11.7. The van der Waals surface area contributed by atoms with E-state index in [4.69, 9.17) is 18.8 Å². The zero-order chi connectivity index (χ0) is 21.0. The number of carbonyl (C=O) groups excluding carboxylic acids is 1. The van der Waals surface area contributed by atoms with Crippen LogP contribution in [0.15, 0.2) is 36.4 Å². The van der Waals surface area contributed by atoms with Gasteiger partial charge in [0.05, 0.1) is 11.2 Å². The number of fused-ring (bicyclic) bond motifs is 3. The number of aldehydes is 1. The maximum absolute atomic E-state index is 11.4. The zero-order valence-electron chi connectivity index (χ0n) is 17.9. The van der Waals surface area contributed by atoms with Gasteiger partial charge in [0.25, 0.3) is 0 Å². The van der Waals surface area contributed by atoms with Crippen LogP contribution < -0.4 is 5.46 Å². The van der Waals surface area contributed by atoms with Gasteiger partial charge in [-0.15, -0.1) is 0 Å². The molecule has 0 spiro atoms. The topological polar surface area (TPSA) is 54.0 Å². The Bertz CT molecular complexity index is 952. The van der Waals surface area contributed by atoms with Crippen LogP contribution in [0.1, 0.15) is 56.1 Å². The summed E-state index contributed by atoms with van der Waals surface area (Å²) in [6.07, 6.45) is 0.839. The van der Waals surface area contributed by atoms with Crippen molar-refractivity contribution in [1.29, 1.82) is 0 Å². The number of carbonyl (C=O) groups is 1. The molecular formula is C23H27BO5. The molecule has 2 aromatic carbocycles. The van der Waals surface area contributed by atoms with Crippen molar-refractivity contribution in [3.05, 3.63) is 53.1 Å². The number of rotatable bonds is 5. The average molecular weight is 394 g/mol. The fourth-order valence-electron chi connectivity index (χ4n) is 4.12. The number of ether oxygens (including phenoxy) is 2. The molecule has 2 aromatic rings. The quantitative estimate of drug-likeness (QED) is 0.440. The Kier molecular flexibility index (Phi) is 4.74. The van der Waals surface area contributed by atoms with Gasteiger partial charge < -0.3 is 18.8 Å². The van der Waals surface area contributed by atoms with Crippen LogP contribution >= 0.6 is 0 Å². The van der Waals surface area contributed by atoms with Crippen molar-refractivity contribution in [2.75, 3.05) is 13.7 Å². The smallest absolute Gasteiger partial charge is 0.399 e. The molecule has 5 nitrogen and oxygen atoms in total.